The number of thiophene rings is 1. The lowest BCUT2D eigenvalue weighted by Gasteiger charge is -2.01. The minimum Gasteiger partial charge on any atom is -0.327 e. The van der Waals surface area contributed by atoms with Gasteiger partial charge in [-0.3, -0.25) is 0 Å². The molecule has 0 saturated heterocycles. The summed E-state index contributed by atoms with van der Waals surface area (Å²) < 4.78 is 2.24. The molecule has 0 unspecified atom stereocenters. The summed E-state index contributed by atoms with van der Waals surface area (Å²) in [6.45, 7) is 4.91. The van der Waals surface area contributed by atoms with Crippen LogP contribution in [0.5, 0.6) is 0 Å². The summed E-state index contributed by atoms with van der Waals surface area (Å²) in [7, 11) is 0. The molecular formula is C15H17N3S. The summed E-state index contributed by atoms with van der Waals surface area (Å²) in [6.07, 6.45) is 4.09. The average molecular weight is 271 g/mol. The molecule has 0 amide bonds. The Hall–Kier alpha value is -1.65. The van der Waals surface area contributed by atoms with Gasteiger partial charge in [0.25, 0.3) is 0 Å². The van der Waals surface area contributed by atoms with E-state index in [1.165, 1.54) is 15.8 Å². The van der Waals surface area contributed by atoms with Crippen molar-refractivity contribution in [1.29, 1.82) is 0 Å². The Morgan fingerprint density at radius 3 is 3.05 bits per heavy atom. The fourth-order valence-corrected chi connectivity index (χ4v) is 2.99. The summed E-state index contributed by atoms with van der Waals surface area (Å²) in [5, 5.41) is 6.76. The fraction of sp³-hybridized carbons (Fsp3) is 0.267. The first-order valence-corrected chi connectivity index (χ1v) is 7.42. The molecule has 0 bridgehead atoms. The summed E-state index contributed by atoms with van der Waals surface area (Å²) in [4.78, 5) is 5.89. The zero-order valence-electron chi connectivity index (χ0n) is 11.0. The van der Waals surface area contributed by atoms with E-state index < -0.39 is 0 Å². The molecule has 0 aliphatic rings. The molecule has 0 radical (unpaired) electrons. The van der Waals surface area contributed by atoms with Gasteiger partial charge in [0.15, 0.2) is 0 Å². The predicted octanol–water partition coefficient (Wildman–Crippen LogP) is 3.26. The third-order valence-electron chi connectivity index (χ3n) is 3.19. The van der Waals surface area contributed by atoms with Crippen molar-refractivity contribution < 1.29 is 0 Å². The number of aromatic nitrogens is 2. The second-order valence-corrected chi connectivity index (χ2v) is 5.55. The zero-order chi connectivity index (χ0) is 13.1. The molecule has 3 rings (SSSR count). The highest BCUT2D eigenvalue weighted by Gasteiger charge is 2.09. The van der Waals surface area contributed by atoms with Gasteiger partial charge in [0.2, 0.25) is 0 Å². The van der Waals surface area contributed by atoms with Crippen LogP contribution in [0.4, 0.5) is 0 Å². The molecule has 1 N–H and O–H groups in total. The van der Waals surface area contributed by atoms with E-state index in [-0.39, 0.29) is 0 Å². The predicted molar refractivity (Wildman–Crippen MR) is 80.5 cm³/mol. The van der Waals surface area contributed by atoms with Crippen molar-refractivity contribution in [2.75, 3.05) is 6.54 Å². The number of rotatable bonds is 5. The highest BCUT2D eigenvalue weighted by Crippen LogP contribution is 2.21. The van der Waals surface area contributed by atoms with E-state index in [4.69, 9.17) is 0 Å². The number of hydrogen-bond donors (Lipinski definition) is 1. The van der Waals surface area contributed by atoms with Gasteiger partial charge in [-0.05, 0) is 35.7 Å². The first-order valence-electron chi connectivity index (χ1n) is 6.54. The van der Waals surface area contributed by atoms with Gasteiger partial charge in [0, 0.05) is 29.2 Å². The molecule has 19 heavy (non-hydrogen) atoms. The Bertz CT molecular complexity index is 655. The molecule has 98 valence electrons. The quantitative estimate of drug-likeness (QED) is 0.772. The van der Waals surface area contributed by atoms with Crippen LogP contribution in [-0.2, 0) is 13.1 Å². The lowest BCUT2D eigenvalue weighted by Crippen LogP contribution is -2.11. The Balaban J connectivity index is 1.99. The third-order valence-corrected chi connectivity index (χ3v) is 4.05. The average Bonchev–Trinajstić information content (AvgIpc) is 3.06. The van der Waals surface area contributed by atoms with Crippen molar-refractivity contribution in [2.24, 2.45) is 0 Å². The minimum atomic E-state index is 0.899. The van der Waals surface area contributed by atoms with Gasteiger partial charge in [0.1, 0.15) is 5.65 Å². The van der Waals surface area contributed by atoms with Crippen molar-refractivity contribution in [3.8, 4) is 0 Å². The van der Waals surface area contributed by atoms with Gasteiger partial charge in [-0.1, -0.05) is 13.0 Å². The van der Waals surface area contributed by atoms with Crippen molar-refractivity contribution in [2.45, 2.75) is 20.0 Å². The first-order chi connectivity index (χ1) is 9.38. The highest BCUT2D eigenvalue weighted by atomic mass is 32.1. The molecule has 3 aromatic rings. The monoisotopic (exact) mass is 271 g/mol. The van der Waals surface area contributed by atoms with Crippen LogP contribution >= 0.6 is 11.3 Å². The van der Waals surface area contributed by atoms with Crippen molar-refractivity contribution in [3.63, 3.8) is 0 Å². The Morgan fingerprint density at radius 2 is 2.26 bits per heavy atom. The second kappa shape index (κ2) is 5.55. The summed E-state index contributed by atoms with van der Waals surface area (Å²) >= 11 is 1.79. The van der Waals surface area contributed by atoms with E-state index >= 15 is 0 Å². The van der Waals surface area contributed by atoms with Crippen LogP contribution in [0.2, 0.25) is 0 Å². The van der Waals surface area contributed by atoms with Crippen LogP contribution in [-0.4, -0.2) is 16.1 Å². The van der Waals surface area contributed by atoms with Crippen LogP contribution in [0.1, 0.15) is 17.4 Å². The molecule has 0 aliphatic heterocycles. The van der Waals surface area contributed by atoms with Crippen LogP contribution in [0.3, 0.4) is 0 Å². The van der Waals surface area contributed by atoms with Crippen molar-refractivity contribution in [3.05, 3.63) is 52.5 Å². The number of nitrogens with zero attached hydrogens (tertiary/aromatic N) is 2. The number of hydrogen-bond acceptors (Lipinski definition) is 3. The maximum Gasteiger partial charge on any atom is 0.140 e. The Labute approximate surface area is 116 Å². The summed E-state index contributed by atoms with van der Waals surface area (Å²) in [5.41, 5.74) is 2.39. The molecule has 0 aromatic carbocycles. The van der Waals surface area contributed by atoms with Gasteiger partial charge in [-0.25, -0.2) is 4.98 Å². The van der Waals surface area contributed by atoms with E-state index in [0.717, 1.165) is 25.3 Å². The van der Waals surface area contributed by atoms with E-state index in [1.54, 1.807) is 11.3 Å². The summed E-state index contributed by atoms with van der Waals surface area (Å²) in [6, 6.07) is 8.43. The molecule has 3 nitrogen and oxygen atoms in total. The van der Waals surface area contributed by atoms with Crippen molar-refractivity contribution in [1.82, 2.24) is 14.9 Å². The van der Waals surface area contributed by atoms with E-state index in [2.05, 4.69) is 51.6 Å². The minimum absolute atomic E-state index is 0.899. The maximum atomic E-state index is 4.53. The first kappa shape index (κ1) is 12.4. The molecule has 4 heteroatoms. The lowest BCUT2D eigenvalue weighted by atomic mass is 10.2. The Morgan fingerprint density at radius 1 is 1.32 bits per heavy atom. The van der Waals surface area contributed by atoms with Gasteiger partial charge in [-0.2, -0.15) is 0 Å². The normalized spacial score (nSPS) is 11.2. The van der Waals surface area contributed by atoms with Crippen LogP contribution in [0.15, 0.2) is 42.0 Å². The highest BCUT2D eigenvalue weighted by molar-refractivity contribution is 7.09. The van der Waals surface area contributed by atoms with Crippen LogP contribution in [0, 0.1) is 0 Å². The van der Waals surface area contributed by atoms with Crippen LogP contribution in [0.25, 0.3) is 11.0 Å². The van der Waals surface area contributed by atoms with E-state index in [1.807, 2.05) is 12.3 Å². The zero-order valence-corrected chi connectivity index (χ0v) is 11.8. The van der Waals surface area contributed by atoms with Gasteiger partial charge in [-0.15, -0.1) is 11.3 Å². The Kier molecular flexibility index (Phi) is 3.62. The number of fused-ring (bicyclic) bond motifs is 1. The topological polar surface area (TPSA) is 29.9 Å². The maximum absolute atomic E-state index is 4.53. The third kappa shape index (κ3) is 2.55. The summed E-state index contributed by atoms with van der Waals surface area (Å²) in [5.74, 6) is 0. The number of pyridine rings is 1. The molecule has 0 aliphatic carbocycles. The van der Waals surface area contributed by atoms with Gasteiger partial charge in [0.05, 0.1) is 6.54 Å². The second-order valence-electron chi connectivity index (χ2n) is 4.52. The molecule has 3 aromatic heterocycles. The fourth-order valence-electron chi connectivity index (χ4n) is 2.29. The van der Waals surface area contributed by atoms with E-state index in [9.17, 15) is 0 Å². The molecule has 0 atom stereocenters. The molecule has 0 spiro atoms. The smallest absolute Gasteiger partial charge is 0.140 e. The standard InChI is InChI=1S/C15H17N3S/c1-2-16-9-12-10-18(11-13-5-4-8-19-13)15-14(12)6-3-7-17-15/h3-8,10,16H,2,9,11H2,1H3. The van der Waals surface area contributed by atoms with E-state index in [0.29, 0.717) is 0 Å². The molecular weight excluding hydrogens is 254 g/mol. The number of nitrogens with one attached hydrogen (secondary N) is 1. The van der Waals surface area contributed by atoms with Crippen LogP contribution < -0.4 is 5.32 Å². The van der Waals surface area contributed by atoms with Gasteiger partial charge >= 0.3 is 0 Å². The molecule has 3 heterocycles. The molecule has 0 fully saturated rings. The SMILES string of the molecule is CCNCc1cn(Cc2cccs2)c2ncccc12. The van der Waals surface area contributed by atoms with Gasteiger partial charge < -0.3 is 9.88 Å². The largest absolute Gasteiger partial charge is 0.327 e. The van der Waals surface area contributed by atoms with Crippen molar-refractivity contribution >= 4 is 22.4 Å². The lowest BCUT2D eigenvalue weighted by molar-refractivity contribution is 0.724. The molecule has 0 saturated carbocycles.